The summed E-state index contributed by atoms with van der Waals surface area (Å²) in [4.78, 5) is 21.0. The topological polar surface area (TPSA) is 73.8 Å². The number of sulfonamides is 1. The first-order valence-corrected chi connectivity index (χ1v) is 11.2. The van der Waals surface area contributed by atoms with Crippen LogP contribution in [0.1, 0.15) is 32.1 Å². The molecule has 1 aliphatic heterocycles. The molecule has 0 bridgehead atoms. The van der Waals surface area contributed by atoms with Gasteiger partial charge in [-0.25, -0.2) is 13.4 Å². The van der Waals surface area contributed by atoms with Crippen LogP contribution in [0.4, 0.5) is 5.82 Å². The van der Waals surface area contributed by atoms with Gasteiger partial charge < -0.3 is 9.80 Å². The molecule has 0 radical (unpaired) electrons. The highest BCUT2D eigenvalue weighted by atomic mass is 32.2. The summed E-state index contributed by atoms with van der Waals surface area (Å²) < 4.78 is 25.9. The zero-order valence-corrected chi connectivity index (χ0v) is 16.2. The lowest BCUT2D eigenvalue weighted by atomic mass is 9.95. The lowest BCUT2D eigenvalue weighted by Gasteiger charge is -2.37. The van der Waals surface area contributed by atoms with Gasteiger partial charge >= 0.3 is 0 Å². The highest BCUT2D eigenvalue weighted by molar-refractivity contribution is 7.88. The molecule has 0 aromatic carbocycles. The maximum absolute atomic E-state index is 12.7. The third kappa shape index (κ3) is 4.73. The molecule has 0 atom stereocenters. The van der Waals surface area contributed by atoms with E-state index in [1.54, 1.807) is 11.1 Å². The van der Waals surface area contributed by atoms with Crippen molar-refractivity contribution >= 4 is 21.7 Å². The van der Waals surface area contributed by atoms with Crippen molar-refractivity contribution in [2.24, 2.45) is 0 Å². The van der Waals surface area contributed by atoms with E-state index < -0.39 is 10.0 Å². The Labute approximate surface area is 156 Å². The number of rotatable bonds is 5. The Hall–Kier alpha value is -1.67. The monoisotopic (exact) mass is 380 g/mol. The minimum absolute atomic E-state index is 0.0301. The van der Waals surface area contributed by atoms with Gasteiger partial charge in [-0.15, -0.1) is 0 Å². The van der Waals surface area contributed by atoms with Crippen molar-refractivity contribution < 1.29 is 13.2 Å². The molecule has 0 N–H and O–H groups in total. The molecule has 7 nitrogen and oxygen atoms in total. The molecule has 1 aromatic rings. The van der Waals surface area contributed by atoms with Crippen molar-refractivity contribution in [1.29, 1.82) is 0 Å². The Bertz CT molecular complexity index is 696. The van der Waals surface area contributed by atoms with Crippen LogP contribution in [0.2, 0.25) is 0 Å². The van der Waals surface area contributed by atoms with Crippen LogP contribution in [0.25, 0.3) is 0 Å². The number of pyridine rings is 1. The zero-order valence-electron chi connectivity index (χ0n) is 15.4. The number of piperazine rings is 1. The predicted molar refractivity (Wildman–Crippen MR) is 101 cm³/mol. The van der Waals surface area contributed by atoms with Gasteiger partial charge in [0.2, 0.25) is 15.9 Å². The summed E-state index contributed by atoms with van der Waals surface area (Å²) in [6.07, 6.45) is 7.91. The Balaban J connectivity index is 1.58. The third-order valence-electron chi connectivity index (χ3n) is 5.30. The van der Waals surface area contributed by atoms with Gasteiger partial charge in [0.15, 0.2) is 0 Å². The lowest BCUT2D eigenvalue weighted by molar-refractivity contribution is -0.132. The summed E-state index contributed by atoms with van der Waals surface area (Å²) in [6.45, 7) is 2.58. The predicted octanol–water partition coefficient (Wildman–Crippen LogP) is 1.32. The van der Waals surface area contributed by atoms with E-state index in [2.05, 4.69) is 9.88 Å². The lowest BCUT2D eigenvalue weighted by Crippen LogP contribution is -2.53. The molecule has 2 aliphatic rings. The Morgan fingerprint density at radius 1 is 1.15 bits per heavy atom. The molecule has 0 unspecified atom stereocenters. The van der Waals surface area contributed by atoms with Gasteiger partial charge in [0.25, 0.3) is 0 Å². The van der Waals surface area contributed by atoms with Crippen LogP contribution >= 0.6 is 0 Å². The minimum Gasteiger partial charge on any atom is -0.353 e. The van der Waals surface area contributed by atoms with Gasteiger partial charge in [-0.1, -0.05) is 25.3 Å². The van der Waals surface area contributed by atoms with Crippen molar-refractivity contribution in [1.82, 2.24) is 14.2 Å². The zero-order chi connectivity index (χ0) is 18.6. The molecule has 2 fully saturated rings. The molecular weight excluding hydrogens is 352 g/mol. The van der Waals surface area contributed by atoms with Gasteiger partial charge in [-0.05, 0) is 25.0 Å². The quantitative estimate of drug-likeness (QED) is 0.770. The van der Waals surface area contributed by atoms with Crippen molar-refractivity contribution in [3.05, 3.63) is 24.4 Å². The van der Waals surface area contributed by atoms with Crippen LogP contribution in [0, 0.1) is 0 Å². The average molecular weight is 381 g/mol. The second-order valence-corrected chi connectivity index (χ2v) is 9.09. The minimum atomic E-state index is -3.39. The van der Waals surface area contributed by atoms with E-state index >= 15 is 0 Å². The molecule has 2 heterocycles. The van der Waals surface area contributed by atoms with E-state index in [1.807, 2.05) is 18.2 Å². The number of aromatic nitrogens is 1. The summed E-state index contributed by atoms with van der Waals surface area (Å²) in [5.74, 6) is 0.821. The first-order valence-electron chi connectivity index (χ1n) is 9.36. The molecule has 1 aliphatic carbocycles. The smallest absolute Gasteiger partial charge is 0.238 e. The number of anilines is 1. The summed E-state index contributed by atoms with van der Waals surface area (Å²) in [5, 5.41) is 0. The Morgan fingerprint density at radius 3 is 2.42 bits per heavy atom. The fourth-order valence-electron chi connectivity index (χ4n) is 3.85. The summed E-state index contributed by atoms with van der Waals surface area (Å²) in [6, 6.07) is 5.77. The number of carbonyl (C=O) groups is 1. The first kappa shape index (κ1) is 19.1. The van der Waals surface area contributed by atoms with Gasteiger partial charge in [-0.2, -0.15) is 4.31 Å². The number of nitrogens with zero attached hydrogens (tertiary/aromatic N) is 4. The van der Waals surface area contributed by atoms with Gasteiger partial charge in [0.05, 0.1) is 12.8 Å². The molecule has 1 saturated heterocycles. The number of hydrogen-bond donors (Lipinski definition) is 0. The van der Waals surface area contributed by atoms with E-state index in [0.717, 1.165) is 37.9 Å². The normalized spacial score (nSPS) is 19.8. The molecule has 26 heavy (non-hydrogen) atoms. The fourth-order valence-corrected chi connectivity index (χ4v) is 4.94. The molecule has 0 spiro atoms. The number of hydrogen-bond acceptors (Lipinski definition) is 5. The first-order chi connectivity index (χ1) is 12.4. The van der Waals surface area contributed by atoms with Crippen LogP contribution in [0.5, 0.6) is 0 Å². The third-order valence-corrected chi connectivity index (χ3v) is 6.58. The maximum atomic E-state index is 12.7. The average Bonchev–Trinajstić information content (AvgIpc) is 2.66. The van der Waals surface area contributed by atoms with Crippen LogP contribution in [0.3, 0.4) is 0 Å². The van der Waals surface area contributed by atoms with Gasteiger partial charge in [0, 0.05) is 38.4 Å². The summed E-state index contributed by atoms with van der Waals surface area (Å²) in [5.41, 5.74) is 0. The van der Waals surface area contributed by atoms with E-state index in [9.17, 15) is 13.2 Å². The fraction of sp³-hybridized carbons (Fsp3) is 0.667. The number of carbonyl (C=O) groups excluding carboxylic acids is 1. The highest BCUT2D eigenvalue weighted by Gasteiger charge is 2.32. The number of amides is 1. The summed E-state index contributed by atoms with van der Waals surface area (Å²) in [7, 11) is -3.39. The SMILES string of the molecule is CS(=O)(=O)N(CC(=O)N1CCN(c2ccccn2)CC1)C1CCCCC1. The van der Waals surface area contributed by atoms with Crippen LogP contribution in [-0.4, -0.2) is 73.5 Å². The van der Waals surface area contributed by atoms with E-state index in [1.165, 1.54) is 10.6 Å². The Kier molecular flexibility index (Phi) is 6.13. The van der Waals surface area contributed by atoms with Gasteiger partial charge in [0.1, 0.15) is 5.82 Å². The van der Waals surface area contributed by atoms with Crippen molar-refractivity contribution in [2.45, 2.75) is 38.1 Å². The van der Waals surface area contributed by atoms with Gasteiger partial charge in [-0.3, -0.25) is 4.79 Å². The summed E-state index contributed by atoms with van der Waals surface area (Å²) >= 11 is 0. The largest absolute Gasteiger partial charge is 0.353 e. The van der Waals surface area contributed by atoms with Crippen molar-refractivity contribution in [3.8, 4) is 0 Å². The second kappa shape index (κ2) is 8.35. The molecular formula is C18H28N4O3S. The molecule has 144 valence electrons. The maximum Gasteiger partial charge on any atom is 0.238 e. The van der Waals surface area contributed by atoms with Crippen molar-refractivity contribution in [2.75, 3.05) is 43.9 Å². The van der Waals surface area contributed by atoms with Crippen molar-refractivity contribution in [3.63, 3.8) is 0 Å². The van der Waals surface area contributed by atoms with Crippen LogP contribution < -0.4 is 4.90 Å². The van der Waals surface area contributed by atoms with E-state index in [0.29, 0.717) is 26.2 Å². The van der Waals surface area contributed by atoms with Crippen LogP contribution in [-0.2, 0) is 14.8 Å². The highest BCUT2D eigenvalue weighted by Crippen LogP contribution is 2.24. The van der Waals surface area contributed by atoms with E-state index in [4.69, 9.17) is 0 Å². The molecule has 8 heteroatoms. The van der Waals surface area contributed by atoms with Crippen LogP contribution in [0.15, 0.2) is 24.4 Å². The molecule has 1 aromatic heterocycles. The molecule has 1 saturated carbocycles. The molecule has 1 amide bonds. The second-order valence-electron chi connectivity index (χ2n) is 7.16. The van der Waals surface area contributed by atoms with E-state index in [-0.39, 0.29) is 18.5 Å². The Morgan fingerprint density at radius 2 is 1.85 bits per heavy atom. The standard InChI is InChI=1S/C18H28N4O3S/c1-26(24,25)22(16-7-3-2-4-8-16)15-18(23)21-13-11-20(12-14-21)17-9-5-6-10-19-17/h5-6,9-10,16H,2-4,7-8,11-15H2,1H3. The molecule has 3 rings (SSSR count).